The van der Waals surface area contributed by atoms with Crippen LogP contribution < -0.4 is 0 Å². The van der Waals surface area contributed by atoms with Crippen molar-refractivity contribution in [1.29, 1.82) is 0 Å². The number of aromatic nitrogens is 1. The van der Waals surface area contributed by atoms with Gasteiger partial charge in [0.25, 0.3) is 16.1 Å². The molecule has 0 unspecified atom stereocenters. The lowest BCUT2D eigenvalue weighted by atomic mass is 10.2. The third kappa shape index (κ3) is 3.58. The van der Waals surface area contributed by atoms with Crippen LogP contribution >= 0.6 is 0 Å². The van der Waals surface area contributed by atoms with Gasteiger partial charge in [0.1, 0.15) is 0 Å². The molecule has 2 heterocycles. The van der Waals surface area contributed by atoms with Gasteiger partial charge in [-0.05, 0) is 18.6 Å². The van der Waals surface area contributed by atoms with Crippen LogP contribution in [-0.4, -0.2) is 73.1 Å². The van der Waals surface area contributed by atoms with E-state index in [1.807, 2.05) is 0 Å². The highest BCUT2D eigenvalue weighted by molar-refractivity contribution is 7.86. The molecule has 0 N–H and O–H groups in total. The second-order valence-electron chi connectivity index (χ2n) is 5.07. The Balaban J connectivity index is 2.06. The second-order valence-corrected chi connectivity index (χ2v) is 7.21. The lowest BCUT2D eigenvalue weighted by Crippen LogP contribution is -2.42. The van der Waals surface area contributed by atoms with Crippen molar-refractivity contribution in [3.63, 3.8) is 0 Å². The van der Waals surface area contributed by atoms with Gasteiger partial charge in [-0.25, -0.2) is 0 Å². The van der Waals surface area contributed by atoms with Gasteiger partial charge in [0.05, 0.1) is 0 Å². The first kappa shape index (κ1) is 15.9. The summed E-state index contributed by atoms with van der Waals surface area (Å²) < 4.78 is 26.9. The van der Waals surface area contributed by atoms with Crippen LogP contribution in [0.15, 0.2) is 24.5 Å². The molecule has 21 heavy (non-hydrogen) atoms. The van der Waals surface area contributed by atoms with E-state index in [9.17, 15) is 13.2 Å². The predicted molar refractivity (Wildman–Crippen MR) is 78.9 cm³/mol. The van der Waals surface area contributed by atoms with E-state index in [2.05, 4.69) is 4.98 Å². The number of carbonyl (C=O) groups is 1. The monoisotopic (exact) mass is 312 g/mol. The molecule has 0 bridgehead atoms. The summed E-state index contributed by atoms with van der Waals surface area (Å²) in [4.78, 5) is 17.9. The van der Waals surface area contributed by atoms with Crippen molar-refractivity contribution in [2.24, 2.45) is 0 Å². The third-order valence-electron chi connectivity index (χ3n) is 3.46. The van der Waals surface area contributed by atoms with Gasteiger partial charge >= 0.3 is 0 Å². The molecule has 1 saturated heterocycles. The lowest BCUT2D eigenvalue weighted by Gasteiger charge is -2.24. The van der Waals surface area contributed by atoms with Crippen LogP contribution in [0.1, 0.15) is 16.8 Å². The van der Waals surface area contributed by atoms with Crippen molar-refractivity contribution in [2.45, 2.75) is 6.42 Å². The van der Waals surface area contributed by atoms with Crippen LogP contribution in [0.4, 0.5) is 0 Å². The van der Waals surface area contributed by atoms with Gasteiger partial charge in [-0.15, -0.1) is 0 Å². The van der Waals surface area contributed by atoms with Crippen LogP contribution in [0.25, 0.3) is 0 Å². The minimum atomic E-state index is -3.42. The Labute approximate surface area is 125 Å². The molecule has 0 spiro atoms. The average molecular weight is 312 g/mol. The molecular formula is C13H20N4O3S. The molecule has 2 rings (SSSR count). The van der Waals surface area contributed by atoms with Crippen LogP contribution in [-0.2, 0) is 10.2 Å². The van der Waals surface area contributed by atoms with E-state index in [-0.39, 0.29) is 5.91 Å². The van der Waals surface area contributed by atoms with Crippen molar-refractivity contribution in [2.75, 3.05) is 40.3 Å². The smallest absolute Gasteiger partial charge is 0.281 e. The minimum Gasteiger partial charge on any atom is -0.337 e. The maximum atomic E-state index is 12.4. The number of amides is 1. The molecular weight excluding hydrogens is 292 g/mol. The maximum absolute atomic E-state index is 12.4. The van der Waals surface area contributed by atoms with E-state index in [0.29, 0.717) is 38.2 Å². The summed E-state index contributed by atoms with van der Waals surface area (Å²) in [5, 5.41) is 0. The molecule has 8 heteroatoms. The molecule has 0 radical (unpaired) electrons. The number of carbonyl (C=O) groups excluding carboxylic acids is 1. The van der Waals surface area contributed by atoms with Gasteiger partial charge < -0.3 is 4.90 Å². The van der Waals surface area contributed by atoms with Gasteiger partial charge in [-0.1, -0.05) is 0 Å². The van der Waals surface area contributed by atoms with E-state index < -0.39 is 10.2 Å². The zero-order valence-electron chi connectivity index (χ0n) is 12.3. The molecule has 0 aliphatic carbocycles. The highest BCUT2D eigenvalue weighted by Crippen LogP contribution is 2.12. The summed E-state index contributed by atoms with van der Waals surface area (Å²) >= 11 is 0. The summed E-state index contributed by atoms with van der Waals surface area (Å²) in [6.07, 6.45) is 3.78. The van der Waals surface area contributed by atoms with Crippen molar-refractivity contribution in [3.05, 3.63) is 30.1 Å². The van der Waals surface area contributed by atoms with Crippen molar-refractivity contribution in [1.82, 2.24) is 18.5 Å². The standard InChI is InChI=1S/C13H20N4O3S/c1-15(2)21(19,20)17-9-3-8-16(10-11-17)13(18)12-4-6-14-7-5-12/h4-7H,3,8-11H2,1-2H3. The number of rotatable bonds is 3. The molecule has 1 aromatic heterocycles. The number of nitrogens with zero attached hydrogens (tertiary/aromatic N) is 4. The molecule has 0 aromatic carbocycles. The minimum absolute atomic E-state index is 0.0819. The number of hydrogen-bond donors (Lipinski definition) is 0. The Morgan fingerprint density at radius 1 is 1.14 bits per heavy atom. The first-order chi connectivity index (χ1) is 9.93. The van der Waals surface area contributed by atoms with Crippen molar-refractivity contribution in [3.8, 4) is 0 Å². The van der Waals surface area contributed by atoms with Gasteiger partial charge in [0, 0.05) is 58.2 Å². The molecule has 1 aliphatic rings. The Morgan fingerprint density at radius 3 is 2.43 bits per heavy atom. The zero-order valence-corrected chi connectivity index (χ0v) is 13.1. The summed E-state index contributed by atoms with van der Waals surface area (Å²) in [7, 11) is -0.390. The molecule has 1 aromatic rings. The van der Waals surface area contributed by atoms with Crippen LogP contribution in [0, 0.1) is 0 Å². The SMILES string of the molecule is CN(C)S(=O)(=O)N1CCCN(C(=O)c2ccncc2)CC1. The Bertz CT molecular complexity index is 589. The number of pyridine rings is 1. The van der Waals surface area contributed by atoms with Crippen molar-refractivity contribution < 1.29 is 13.2 Å². The van der Waals surface area contributed by atoms with Gasteiger partial charge in [0.2, 0.25) is 0 Å². The highest BCUT2D eigenvalue weighted by atomic mass is 32.2. The van der Waals surface area contributed by atoms with E-state index >= 15 is 0 Å². The van der Waals surface area contributed by atoms with Gasteiger partial charge in [-0.2, -0.15) is 17.0 Å². The third-order valence-corrected chi connectivity index (χ3v) is 5.40. The first-order valence-corrected chi connectivity index (χ1v) is 8.19. The highest BCUT2D eigenvalue weighted by Gasteiger charge is 2.28. The molecule has 1 amide bonds. The summed E-state index contributed by atoms with van der Waals surface area (Å²) in [6.45, 7) is 1.70. The van der Waals surface area contributed by atoms with E-state index in [0.717, 1.165) is 0 Å². The Hall–Kier alpha value is -1.51. The van der Waals surface area contributed by atoms with Crippen LogP contribution in [0.3, 0.4) is 0 Å². The quantitative estimate of drug-likeness (QED) is 0.789. The maximum Gasteiger partial charge on any atom is 0.281 e. The average Bonchev–Trinajstić information content (AvgIpc) is 2.73. The summed E-state index contributed by atoms with van der Waals surface area (Å²) in [5.41, 5.74) is 0.578. The van der Waals surface area contributed by atoms with Gasteiger partial charge in [0.15, 0.2) is 0 Å². The largest absolute Gasteiger partial charge is 0.337 e. The van der Waals surface area contributed by atoms with Gasteiger partial charge in [-0.3, -0.25) is 9.78 Å². The fraction of sp³-hybridized carbons (Fsp3) is 0.538. The summed E-state index contributed by atoms with van der Waals surface area (Å²) in [5.74, 6) is -0.0819. The molecule has 1 fully saturated rings. The fourth-order valence-electron chi connectivity index (χ4n) is 2.24. The predicted octanol–water partition coefficient (Wildman–Crippen LogP) is 0.0359. The van der Waals surface area contributed by atoms with E-state index in [1.54, 1.807) is 29.4 Å². The zero-order chi connectivity index (χ0) is 15.5. The van der Waals surface area contributed by atoms with Crippen LogP contribution in [0.2, 0.25) is 0 Å². The first-order valence-electron chi connectivity index (χ1n) is 6.80. The molecule has 0 saturated carbocycles. The molecule has 0 atom stereocenters. The molecule has 1 aliphatic heterocycles. The molecule has 7 nitrogen and oxygen atoms in total. The Morgan fingerprint density at radius 2 is 1.81 bits per heavy atom. The molecule has 116 valence electrons. The topological polar surface area (TPSA) is 73.8 Å². The lowest BCUT2D eigenvalue weighted by molar-refractivity contribution is 0.0764. The second kappa shape index (κ2) is 6.50. The normalized spacial score (nSPS) is 17.8. The summed E-state index contributed by atoms with van der Waals surface area (Å²) in [6, 6.07) is 3.34. The van der Waals surface area contributed by atoms with Crippen LogP contribution in [0.5, 0.6) is 0 Å². The van der Waals surface area contributed by atoms with E-state index in [4.69, 9.17) is 0 Å². The fourth-order valence-corrected chi connectivity index (χ4v) is 3.37. The number of hydrogen-bond acceptors (Lipinski definition) is 4. The Kier molecular flexibility index (Phi) is 4.92. The van der Waals surface area contributed by atoms with E-state index in [1.165, 1.54) is 22.7 Å². The van der Waals surface area contributed by atoms with Crippen molar-refractivity contribution >= 4 is 16.1 Å².